The van der Waals surface area contributed by atoms with Crippen molar-refractivity contribution in [2.45, 2.75) is 18.9 Å². The van der Waals surface area contributed by atoms with Crippen molar-refractivity contribution < 1.29 is 14.3 Å². The van der Waals surface area contributed by atoms with Gasteiger partial charge < -0.3 is 20.1 Å². The molecule has 0 bridgehead atoms. The number of aromatic nitrogens is 3. The lowest BCUT2D eigenvalue weighted by molar-refractivity contribution is 0.102. The van der Waals surface area contributed by atoms with Gasteiger partial charge in [0.25, 0.3) is 5.91 Å². The fraction of sp³-hybridized carbons (Fsp3) is 0.438. The fourth-order valence-corrected chi connectivity index (χ4v) is 2.72. The summed E-state index contributed by atoms with van der Waals surface area (Å²) >= 11 is 0. The number of carbonyl (C=O) groups excluding carboxylic acids is 1. The first-order valence-corrected chi connectivity index (χ1v) is 7.87. The van der Waals surface area contributed by atoms with Crippen molar-refractivity contribution in [3.8, 4) is 11.5 Å². The Morgan fingerprint density at radius 2 is 2.08 bits per heavy atom. The van der Waals surface area contributed by atoms with Crippen molar-refractivity contribution in [2.75, 3.05) is 32.6 Å². The molecule has 2 heterocycles. The highest BCUT2D eigenvalue weighted by Gasteiger charge is 2.19. The summed E-state index contributed by atoms with van der Waals surface area (Å²) in [5.41, 5.74) is 0.839. The van der Waals surface area contributed by atoms with Crippen LogP contribution in [0.1, 0.15) is 29.4 Å². The molecule has 2 aromatic rings. The summed E-state index contributed by atoms with van der Waals surface area (Å²) in [6.45, 7) is 1.91. The minimum atomic E-state index is -0.321. The third-order valence-electron chi connectivity index (χ3n) is 4.08. The lowest BCUT2D eigenvalue weighted by Gasteiger charge is -2.22. The van der Waals surface area contributed by atoms with Gasteiger partial charge >= 0.3 is 0 Å². The van der Waals surface area contributed by atoms with Crippen LogP contribution in [0.15, 0.2) is 24.4 Å². The van der Waals surface area contributed by atoms with E-state index in [1.165, 1.54) is 7.11 Å². The van der Waals surface area contributed by atoms with E-state index in [1.807, 2.05) is 0 Å². The van der Waals surface area contributed by atoms with Gasteiger partial charge in [0, 0.05) is 6.07 Å². The number of rotatable bonds is 5. The van der Waals surface area contributed by atoms with Crippen molar-refractivity contribution in [1.29, 1.82) is 0 Å². The van der Waals surface area contributed by atoms with E-state index in [1.54, 1.807) is 36.2 Å². The molecule has 0 saturated carbocycles. The number of anilines is 1. The van der Waals surface area contributed by atoms with Gasteiger partial charge in [-0.1, -0.05) is 5.21 Å². The Morgan fingerprint density at radius 3 is 2.79 bits per heavy atom. The van der Waals surface area contributed by atoms with E-state index in [-0.39, 0.29) is 17.6 Å². The normalized spacial score (nSPS) is 15.1. The van der Waals surface area contributed by atoms with E-state index in [9.17, 15) is 4.79 Å². The second-order valence-electron chi connectivity index (χ2n) is 5.59. The van der Waals surface area contributed by atoms with Gasteiger partial charge in [0.2, 0.25) is 0 Å². The number of hydrogen-bond acceptors (Lipinski definition) is 6. The molecule has 24 heavy (non-hydrogen) atoms. The second-order valence-corrected chi connectivity index (χ2v) is 5.59. The summed E-state index contributed by atoms with van der Waals surface area (Å²) < 4.78 is 12.2. The average molecular weight is 331 g/mol. The van der Waals surface area contributed by atoms with Crippen LogP contribution in [0.25, 0.3) is 0 Å². The highest BCUT2D eigenvalue weighted by atomic mass is 16.5. The molecule has 1 aliphatic heterocycles. The molecule has 8 nitrogen and oxygen atoms in total. The third-order valence-corrected chi connectivity index (χ3v) is 4.08. The molecule has 128 valence electrons. The molecule has 1 aliphatic rings. The molecule has 1 aromatic carbocycles. The number of methoxy groups -OCH3 is 2. The molecule has 1 fully saturated rings. The van der Waals surface area contributed by atoms with Crippen molar-refractivity contribution in [3.05, 3.63) is 30.1 Å². The molecule has 0 radical (unpaired) electrons. The van der Waals surface area contributed by atoms with Gasteiger partial charge in [0.05, 0.1) is 32.1 Å². The van der Waals surface area contributed by atoms with E-state index in [0.717, 1.165) is 25.9 Å². The maximum Gasteiger partial charge on any atom is 0.277 e. The van der Waals surface area contributed by atoms with Gasteiger partial charge in [0.1, 0.15) is 11.5 Å². The minimum Gasteiger partial charge on any atom is -0.497 e. The van der Waals surface area contributed by atoms with Crippen LogP contribution in [-0.4, -0.2) is 48.2 Å². The monoisotopic (exact) mass is 331 g/mol. The number of ether oxygens (including phenoxy) is 2. The minimum absolute atomic E-state index is 0.284. The Hall–Kier alpha value is -2.61. The maximum atomic E-state index is 12.4. The Balaban J connectivity index is 1.72. The summed E-state index contributed by atoms with van der Waals surface area (Å²) in [4.78, 5) is 12.4. The number of nitrogens with one attached hydrogen (secondary N) is 2. The molecule has 1 aromatic heterocycles. The van der Waals surface area contributed by atoms with Crippen LogP contribution in [-0.2, 0) is 0 Å². The molecule has 3 rings (SSSR count). The summed E-state index contributed by atoms with van der Waals surface area (Å²) in [5.74, 6) is 0.855. The SMILES string of the molecule is COc1ccc(NC(=O)c2cn(C3CCNCC3)nn2)c(OC)c1. The predicted molar refractivity (Wildman–Crippen MR) is 88.7 cm³/mol. The standard InChI is InChI=1S/C16H21N5O3/c1-23-12-3-4-13(15(9-12)24-2)18-16(22)14-10-21(20-19-14)11-5-7-17-8-6-11/h3-4,9-11,17H,5-8H2,1-2H3,(H,18,22). The molecular weight excluding hydrogens is 310 g/mol. The van der Waals surface area contributed by atoms with E-state index in [4.69, 9.17) is 9.47 Å². The van der Waals surface area contributed by atoms with Gasteiger partial charge in [-0.25, -0.2) is 4.68 Å². The second kappa shape index (κ2) is 7.31. The van der Waals surface area contributed by atoms with Gasteiger partial charge in [-0.15, -0.1) is 5.10 Å². The van der Waals surface area contributed by atoms with Crippen molar-refractivity contribution >= 4 is 11.6 Å². The Morgan fingerprint density at radius 1 is 1.29 bits per heavy atom. The van der Waals surface area contributed by atoms with Gasteiger partial charge in [0.15, 0.2) is 5.69 Å². The summed E-state index contributed by atoms with van der Waals surface area (Å²) in [7, 11) is 3.12. The van der Waals surface area contributed by atoms with E-state index in [2.05, 4.69) is 20.9 Å². The van der Waals surface area contributed by atoms with Crippen molar-refractivity contribution in [1.82, 2.24) is 20.3 Å². The lowest BCUT2D eigenvalue weighted by Crippen LogP contribution is -2.29. The first-order valence-electron chi connectivity index (χ1n) is 7.87. The summed E-state index contributed by atoms with van der Waals surface area (Å²) in [5, 5.41) is 14.2. The fourth-order valence-electron chi connectivity index (χ4n) is 2.72. The number of nitrogens with zero attached hydrogens (tertiary/aromatic N) is 3. The molecule has 0 spiro atoms. The lowest BCUT2D eigenvalue weighted by atomic mass is 10.1. The number of piperidine rings is 1. The number of benzene rings is 1. The molecule has 0 unspecified atom stereocenters. The zero-order valence-corrected chi connectivity index (χ0v) is 13.8. The quantitative estimate of drug-likeness (QED) is 0.862. The average Bonchev–Trinajstić information content (AvgIpc) is 3.13. The number of carbonyl (C=O) groups is 1. The van der Waals surface area contributed by atoms with E-state index in [0.29, 0.717) is 17.2 Å². The largest absolute Gasteiger partial charge is 0.497 e. The van der Waals surface area contributed by atoms with Crippen LogP contribution in [0, 0.1) is 0 Å². The zero-order valence-electron chi connectivity index (χ0n) is 13.8. The third kappa shape index (κ3) is 3.48. The first-order chi connectivity index (χ1) is 11.7. The van der Waals surface area contributed by atoms with Crippen LogP contribution in [0.5, 0.6) is 11.5 Å². The summed E-state index contributed by atoms with van der Waals surface area (Å²) in [6.07, 6.45) is 3.66. The van der Waals surface area contributed by atoms with Crippen LogP contribution in [0.3, 0.4) is 0 Å². The smallest absolute Gasteiger partial charge is 0.277 e. The maximum absolute atomic E-state index is 12.4. The zero-order chi connectivity index (χ0) is 16.9. The van der Waals surface area contributed by atoms with Crippen molar-refractivity contribution in [2.24, 2.45) is 0 Å². The molecule has 1 amide bonds. The number of amides is 1. The van der Waals surface area contributed by atoms with Gasteiger partial charge in [-0.05, 0) is 38.1 Å². The topological polar surface area (TPSA) is 90.3 Å². The van der Waals surface area contributed by atoms with Crippen LogP contribution < -0.4 is 20.1 Å². The first kappa shape index (κ1) is 16.3. The molecule has 0 aliphatic carbocycles. The Bertz CT molecular complexity index is 709. The molecule has 1 saturated heterocycles. The van der Waals surface area contributed by atoms with Gasteiger partial charge in [-0.3, -0.25) is 4.79 Å². The molecular formula is C16H21N5O3. The van der Waals surface area contributed by atoms with Crippen LogP contribution in [0.2, 0.25) is 0 Å². The van der Waals surface area contributed by atoms with Crippen molar-refractivity contribution in [3.63, 3.8) is 0 Å². The Kier molecular flexibility index (Phi) is 4.95. The molecule has 2 N–H and O–H groups in total. The Labute approximate surface area is 140 Å². The van der Waals surface area contributed by atoms with Gasteiger partial charge in [-0.2, -0.15) is 0 Å². The van der Waals surface area contributed by atoms with E-state index >= 15 is 0 Å². The van der Waals surface area contributed by atoms with Crippen LogP contribution in [0.4, 0.5) is 5.69 Å². The number of hydrogen-bond donors (Lipinski definition) is 2. The van der Waals surface area contributed by atoms with E-state index < -0.39 is 0 Å². The highest BCUT2D eigenvalue weighted by Crippen LogP contribution is 2.29. The highest BCUT2D eigenvalue weighted by molar-refractivity contribution is 6.03. The molecule has 0 atom stereocenters. The van der Waals surface area contributed by atoms with Crippen LogP contribution >= 0.6 is 0 Å². The summed E-state index contributed by atoms with van der Waals surface area (Å²) in [6, 6.07) is 5.48. The molecule has 8 heteroatoms. The predicted octanol–water partition coefficient (Wildman–Crippen LogP) is 1.47.